The summed E-state index contributed by atoms with van der Waals surface area (Å²) in [7, 11) is 0. The standard InChI is InChI=1S/C24H35NO6/c1-4-7-19(27)10-11-22(18(3)26)25-17-21-20(24(25)28)8-6-9-23(21)31-16-15-30-14-13-29-12-5-2/h6,8-9,22H,4-5,7,10-17H2,1-3H3. The van der Waals surface area contributed by atoms with Crippen molar-refractivity contribution >= 4 is 17.5 Å². The summed E-state index contributed by atoms with van der Waals surface area (Å²) in [5.74, 6) is 0.463. The number of rotatable bonds is 16. The van der Waals surface area contributed by atoms with Crippen molar-refractivity contribution < 1.29 is 28.6 Å². The van der Waals surface area contributed by atoms with Gasteiger partial charge in [-0.05, 0) is 38.3 Å². The predicted molar refractivity (Wildman–Crippen MR) is 117 cm³/mol. The molecule has 1 atom stereocenters. The molecular weight excluding hydrogens is 398 g/mol. The molecule has 0 aliphatic carbocycles. The summed E-state index contributed by atoms with van der Waals surface area (Å²) in [5, 5.41) is 0. The largest absolute Gasteiger partial charge is 0.491 e. The molecule has 0 aromatic heterocycles. The number of carbonyl (C=O) groups is 3. The second-order valence-electron chi connectivity index (χ2n) is 7.74. The Labute approximate surface area is 185 Å². The third-order valence-electron chi connectivity index (χ3n) is 5.23. The number of Topliss-reactive ketones (excluding diaryl/α,β-unsaturated/α-hetero) is 2. The van der Waals surface area contributed by atoms with Gasteiger partial charge < -0.3 is 19.1 Å². The summed E-state index contributed by atoms with van der Waals surface area (Å²) in [5.41, 5.74) is 1.34. The van der Waals surface area contributed by atoms with Gasteiger partial charge in [0.2, 0.25) is 0 Å². The van der Waals surface area contributed by atoms with Crippen LogP contribution in [0.3, 0.4) is 0 Å². The fourth-order valence-corrected chi connectivity index (χ4v) is 3.67. The molecule has 1 unspecified atom stereocenters. The average molecular weight is 434 g/mol. The van der Waals surface area contributed by atoms with Crippen molar-refractivity contribution in [2.24, 2.45) is 0 Å². The lowest BCUT2D eigenvalue weighted by molar-refractivity contribution is -0.122. The fourth-order valence-electron chi connectivity index (χ4n) is 3.67. The van der Waals surface area contributed by atoms with E-state index in [0.29, 0.717) is 63.5 Å². The third kappa shape index (κ3) is 7.43. The molecule has 0 spiro atoms. The molecule has 0 radical (unpaired) electrons. The minimum atomic E-state index is -0.597. The van der Waals surface area contributed by atoms with Crippen molar-refractivity contribution in [2.45, 2.75) is 65.5 Å². The van der Waals surface area contributed by atoms with Gasteiger partial charge in [-0.1, -0.05) is 19.9 Å². The molecule has 31 heavy (non-hydrogen) atoms. The highest BCUT2D eigenvalue weighted by Gasteiger charge is 2.36. The van der Waals surface area contributed by atoms with Gasteiger partial charge in [-0.25, -0.2) is 0 Å². The van der Waals surface area contributed by atoms with Crippen LogP contribution in [-0.4, -0.2) is 61.4 Å². The highest BCUT2D eigenvalue weighted by molar-refractivity contribution is 6.01. The SMILES string of the molecule is CCCOCCOCCOc1cccc2c1CN(C(CCC(=O)CCC)C(C)=O)C2=O. The van der Waals surface area contributed by atoms with Crippen LogP contribution in [0.2, 0.25) is 0 Å². The minimum absolute atomic E-state index is 0.105. The van der Waals surface area contributed by atoms with Crippen LogP contribution in [0.15, 0.2) is 18.2 Å². The smallest absolute Gasteiger partial charge is 0.255 e. The van der Waals surface area contributed by atoms with Crippen LogP contribution in [0, 0.1) is 0 Å². The fraction of sp³-hybridized carbons (Fsp3) is 0.625. The van der Waals surface area contributed by atoms with Crippen LogP contribution in [0.5, 0.6) is 5.75 Å². The molecule has 1 aromatic rings. The first kappa shape index (κ1) is 25.0. The van der Waals surface area contributed by atoms with Crippen molar-refractivity contribution in [3.8, 4) is 5.75 Å². The van der Waals surface area contributed by atoms with E-state index in [1.807, 2.05) is 13.0 Å². The minimum Gasteiger partial charge on any atom is -0.491 e. The van der Waals surface area contributed by atoms with Crippen LogP contribution in [0.25, 0.3) is 0 Å². The van der Waals surface area contributed by atoms with Gasteiger partial charge in [0.05, 0.1) is 32.4 Å². The van der Waals surface area contributed by atoms with Gasteiger partial charge in [0.1, 0.15) is 18.1 Å². The van der Waals surface area contributed by atoms with E-state index in [1.54, 1.807) is 17.0 Å². The first-order valence-electron chi connectivity index (χ1n) is 11.2. The van der Waals surface area contributed by atoms with Gasteiger partial charge in [-0.3, -0.25) is 14.4 Å². The zero-order valence-corrected chi connectivity index (χ0v) is 19.0. The molecule has 172 valence electrons. The van der Waals surface area contributed by atoms with Crippen molar-refractivity contribution in [1.29, 1.82) is 0 Å². The Balaban J connectivity index is 1.93. The molecular formula is C24H35NO6. The summed E-state index contributed by atoms with van der Waals surface area (Å²) >= 11 is 0. The normalized spacial score (nSPS) is 13.9. The Morgan fingerprint density at radius 3 is 2.39 bits per heavy atom. The van der Waals surface area contributed by atoms with Gasteiger partial charge in [0.15, 0.2) is 5.78 Å². The number of amides is 1. The van der Waals surface area contributed by atoms with E-state index in [9.17, 15) is 14.4 Å². The first-order valence-corrected chi connectivity index (χ1v) is 11.2. The van der Waals surface area contributed by atoms with Gasteiger partial charge in [0, 0.05) is 30.6 Å². The van der Waals surface area contributed by atoms with Crippen LogP contribution in [0.1, 0.15) is 68.8 Å². The summed E-state index contributed by atoms with van der Waals surface area (Å²) in [4.78, 5) is 38.7. The number of ketones is 2. The number of hydrogen-bond donors (Lipinski definition) is 0. The molecule has 7 heteroatoms. The lowest BCUT2D eigenvalue weighted by Crippen LogP contribution is -2.40. The molecule has 1 aliphatic heterocycles. The zero-order chi connectivity index (χ0) is 22.6. The maximum Gasteiger partial charge on any atom is 0.255 e. The maximum absolute atomic E-state index is 13.0. The van der Waals surface area contributed by atoms with Crippen LogP contribution in [0.4, 0.5) is 0 Å². The summed E-state index contributed by atoms with van der Waals surface area (Å²) in [6, 6.07) is 4.77. The molecule has 7 nitrogen and oxygen atoms in total. The number of hydrogen-bond acceptors (Lipinski definition) is 6. The van der Waals surface area contributed by atoms with Crippen LogP contribution in [-0.2, 0) is 25.6 Å². The lowest BCUT2D eigenvalue weighted by atomic mass is 10.0. The molecule has 1 aliphatic rings. The number of benzene rings is 1. The maximum atomic E-state index is 13.0. The number of carbonyl (C=O) groups excluding carboxylic acids is 3. The molecule has 1 amide bonds. The summed E-state index contributed by atoms with van der Waals surface area (Å²) in [6.07, 6.45) is 2.94. The van der Waals surface area contributed by atoms with Gasteiger partial charge in [-0.15, -0.1) is 0 Å². The Morgan fingerprint density at radius 1 is 1.00 bits per heavy atom. The van der Waals surface area contributed by atoms with Crippen molar-refractivity contribution in [1.82, 2.24) is 4.90 Å². The van der Waals surface area contributed by atoms with Gasteiger partial charge >= 0.3 is 0 Å². The van der Waals surface area contributed by atoms with Gasteiger partial charge in [-0.2, -0.15) is 0 Å². The van der Waals surface area contributed by atoms with E-state index in [1.165, 1.54) is 6.92 Å². The molecule has 0 fully saturated rings. The Hall–Kier alpha value is -2.25. The average Bonchev–Trinajstić information content (AvgIpc) is 3.07. The van der Waals surface area contributed by atoms with E-state index in [-0.39, 0.29) is 17.5 Å². The van der Waals surface area contributed by atoms with E-state index in [4.69, 9.17) is 14.2 Å². The topological polar surface area (TPSA) is 82.1 Å². The summed E-state index contributed by atoms with van der Waals surface area (Å²) in [6.45, 7) is 8.38. The molecule has 0 saturated heterocycles. The van der Waals surface area contributed by atoms with Gasteiger partial charge in [0.25, 0.3) is 5.91 Å². The van der Waals surface area contributed by atoms with E-state index >= 15 is 0 Å². The number of nitrogens with zero attached hydrogens (tertiary/aromatic N) is 1. The molecule has 0 N–H and O–H groups in total. The molecule has 1 heterocycles. The summed E-state index contributed by atoms with van der Waals surface area (Å²) < 4.78 is 16.7. The third-order valence-corrected chi connectivity index (χ3v) is 5.23. The second kappa shape index (κ2) is 13.2. The van der Waals surface area contributed by atoms with Crippen LogP contribution < -0.4 is 4.74 Å². The van der Waals surface area contributed by atoms with Crippen LogP contribution >= 0.6 is 0 Å². The number of fused-ring (bicyclic) bond motifs is 1. The van der Waals surface area contributed by atoms with Crippen molar-refractivity contribution in [2.75, 3.05) is 33.0 Å². The van der Waals surface area contributed by atoms with Crippen molar-refractivity contribution in [3.05, 3.63) is 29.3 Å². The quantitative estimate of drug-likeness (QED) is 0.371. The Bertz CT molecular complexity index is 748. The lowest BCUT2D eigenvalue weighted by Gasteiger charge is -2.25. The number of ether oxygens (including phenoxy) is 3. The molecule has 1 aromatic carbocycles. The second-order valence-corrected chi connectivity index (χ2v) is 7.74. The molecule has 2 rings (SSSR count). The van der Waals surface area contributed by atoms with Crippen molar-refractivity contribution in [3.63, 3.8) is 0 Å². The predicted octanol–water partition coefficient (Wildman–Crippen LogP) is 3.57. The highest BCUT2D eigenvalue weighted by Crippen LogP contribution is 2.33. The first-order chi connectivity index (χ1) is 15.0. The monoisotopic (exact) mass is 433 g/mol. The van der Waals surface area contributed by atoms with E-state index in [2.05, 4.69) is 6.92 Å². The Morgan fingerprint density at radius 2 is 1.71 bits per heavy atom. The van der Waals surface area contributed by atoms with E-state index in [0.717, 1.165) is 25.0 Å². The molecule has 0 saturated carbocycles. The zero-order valence-electron chi connectivity index (χ0n) is 19.0. The Kier molecular flexibility index (Phi) is 10.7. The molecule has 0 bridgehead atoms. The highest BCUT2D eigenvalue weighted by atomic mass is 16.5. The van der Waals surface area contributed by atoms with E-state index < -0.39 is 6.04 Å².